The number of halogens is 2. The third-order valence-electron chi connectivity index (χ3n) is 4.45. The van der Waals surface area contributed by atoms with E-state index in [4.69, 9.17) is 5.26 Å². The van der Waals surface area contributed by atoms with Crippen molar-refractivity contribution in [2.45, 2.75) is 19.2 Å². The Kier molecular flexibility index (Phi) is 6.44. The van der Waals surface area contributed by atoms with Gasteiger partial charge in [-0.3, -0.25) is 4.79 Å². The summed E-state index contributed by atoms with van der Waals surface area (Å²) in [4.78, 5) is 18.1. The molecule has 0 fully saturated rings. The number of nitriles is 1. The Bertz CT molecular complexity index is 1120. The Morgan fingerprint density at radius 3 is 2.73 bits per heavy atom. The zero-order valence-electron chi connectivity index (χ0n) is 16.0. The van der Waals surface area contributed by atoms with Gasteiger partial charge in [-0.1, -0.05) is 18.7 Å². The average molecular weight is 431 g/mol. The third kappa shape index (κ3) is 4.48. The molecule has 1 aromatic carbocycles. The molecule has 3 rings (SSSR count). The van der Waals surface area contributed by atoms with E-state index in [1.165, 1.54) is 17.0 Å². The normalized spacial score (nSPS) is 12.0. The molecule has 2 heterocycles. The Balaban J connectivity index is 1.83. The Hall–Kier alpha value is -3.29. The number of aliphatic hydroxyl groups excluding tert-OH is 1. The molecule has 2 N–H and O–H groups in total. The zero-order chi connectivity index (χ0) is 21.8. The second kappa shape index (κ2) is 9.02. The van der Waals surface area contributed by atoms with Gasteiger partial charge in [0.1, 0.15) is 11.6 Å². The molecule has 0 aliphatic carbocycles. The van der Waals surface area contributed by atoms with Crippen molar-refractivity contribution >= 4 is 34.2 Å². The third-order valence-corrected chi connectivity index (χ3v) is 5.60. The van der Waals surface area contributed by atoms with Crippen LogP contribution in [0.15, 0.2) is 48.6 Å². The molecule has 0 aliphatic heterocycles. The van der Waals surface area contributed by atoms with E-state index >= 15 is 0 Å². The van der Waals surface area contributed by atoms with E-state index in [2.05, 4.69) is 16.9 Å². The summed E-state index contributed by atoms with van der Waals surface area (Å²) >= 11 is 0.816. The lowest BCUT2D eigenvalue weighted by atomic mass is 10.3. The summed E-state index contributed by atoms with van der Waals surface area (Å²) in [5, 5.41) is 22.2. The number of aromatic nitrogens is 2. The van der Waals surface area contributed by atoms with Gasteiger partial charge < -0.3 is 19.9 Å². The maximum atomic E-state index is 12.8. The van der Waals surface area contributed by atoms with E-state index in [-0.39, 0.29) is 17.0 Å². The lowest BCUT2D eigenvalue weighted by Crippen LogP contribution is -2.31. The number of para-hydroxylation sites is 2. The van der Waals surface area contributed by atoms with Crippen LogP contribution in [-0.4, -0.2) is 39.1 Å². The minimum absolute atomic E-state index is 0.128. The fraction of sp³-hybridized carbons (Fsp3) is 0.250. The Morgan fingerprint density at radius 1 is 1.37 bits per heavy atom. The first-order chi connectivity index (χ1) is 14.3. The highest BCUT2D eigenvalue weighted by atomic mass is 32.1. The standard InChI is InChI=1S/C20H19F2N5O2S/c1-12(11-23)19(29)26(2)9-10-27-14-6-4-3-5-13(14)24-20(27)25-18(28)16-8-7-15(30-16)17(21)22/h3-8,17-18,28H,1,9-10H2,2H3,(H,24,25). The van der Waals surface area contributed by atoms with Crippen molar-refractivity contribution in [3.63, 3.8) is 0 Å². The molecule has 3 aromatic rings. The van der Waals surface area contributed by atoms with Crippen molar-refractivity contribution in [1.29, 1.82) is 5.26 Å². The van der Waals surface area contributed by atoms with Crippen LogP contribution in [0.25, 0.3) is 11.0 Å². The van der Waals surface area contributed by atoms with Crippen LogP contribution in [0.1, 0.15) is 22.4 Å². The molecular formula is C20H19F2N5O2S. The second-order valence-corrected chi connectivity index (χ2v) is 7.63. The van der Waals surface area contributed by atoms with Crippen LogP contribution in [0.3, 0.4) is 0 Å². The lowest BCUT2D eigenvalue weighted by molar-refractivity contribution is -0.125. The van der Waals surface area contributed by atoms with Crippen molar-refractivity contribution in [3.8, 4) is 6.07 Å². The van der Waals surface area contributed by atoms with Crippen LogP contribution >= 0.6 is 11.3 Å². The SMILES string of the molecule is C=C(C#N)C(=O)N(C)CCn1c(NC(O)c2ccc(C(F)F)s2)nc2ccccc21. The number of likely N-dealkylation sites (N-methyl/N-ethyl adjacent to an activating group) is 1. The number of aliphatic hydroxyl groups is 1. The fourth-order valence-electron chi connectivity index (χ4n) is 2.87. The molecule has 0 saturated carbocycles. The highest BCUT2D eigenvalue weighted by Crippen LogP contribution is 2.31. The zero-order valence-corrected chi connectivity index (χ0v) is 16.9. The first kappa shape index (κ1) is 21.4. The minimum Gasteiger partial charge on any atom is -0.369 e. The maximum absolute atomic E-state index is 12.8. The molecule has 1 unspecified atom stereocenters. The van der Waals surface area contributed by atoms with Crippen molar-refractivity contribution in [3.05, 3.63) is 58.3 Å². The number of hydrogen-bond acceptors (Lipinski definition) is 6. The van der Waals surface area contributed by atoms with Gasteiger partial charge in [-0.25, -0.2) is 13.8 Å². The van der Waals surface area contributed by atoms with Gasteiger partial charge in [-0.2, -0.15) is 5.26 Å². The fourth-order valence-corrected chi connectivity index (χ4v) is 3.67. The number of carbonyl (C=O) groups excluding carboxylic acids is 1. The monoisotopic (exact) mass is 431 g/mol. The van der Waals surface area contributed by atoms with E-state index in [0.29, 0.717) is 22.9 Å². The van der Waals surface area contributed by atoms with Crippen molar-refractivity contribution in [1.82, 2.24) is 14.5 Å². The molecule has 0 aliphatic rings. The highest BCUT2D eigenvalue weighted by molar-refractivity contribution is 7.12. The molecule has 1 atom stereocenters. The predicted molar refractivity (Wildman–Crippen MR) is 110 cm³/mol. The quantitative estimate of drug-likeness (QED) is 0.322. The van der Waals surface area contributed by atoms with Crippen LogP contribution in [0, 0.1) is 11.3 Å². The summed E-state index contributed by atoms with van der Waals surface area (Å²) in [6.45, 7) is 4.01. The maximum Gasteiger partial charge on any atom is 0.272 e. The van der Waals surface area contributed by atoms with Crippen molar-refractivity contribution in [2.75, 3.05) is 18.9 Å². The molecule has 30 heavy (non-hydrogen) atoms. The van der Waals surface area contributed by atoms with Gasteiger partial charge in [-0.15, -0.1) is 11.3 Å². The van der Waals surface area contributed by atoms with E-state index in [9.17, 15) is 18.7 Å². The smallest absolute Gasteiger partial charge is 0.272 e. The molecule has 0 spiro atoms. The average Bonchev–Trinajstić information content (AvgIpc) is 3.36. The first-order valence-corrected chi connectivity index (χ1v) is 9.75. The minimum atomic E-state index is -2.60. The number of imidazole rings is 1. The number of benzene rings is 1. The largest absolute Gasteiger partial charge is 0.369 e. The summed E-state index contributed by atoms with van der Waals surface area (Å²) in [6, 6.07) is 11.8. The van der Waals surface area contributed by atoms with Gasteiger partial charge in [0.05, 0.1) is 20.8 Å². The molecule has 0 radical (unpaired) electrons. The number of nitrogens with one attached hydrogen (secondary N) is 1. The van der Waals surface area contributed by atoms with E-state index in [1.807, 2.05) is 18.2 Å². The summed E-state index contributed by atoms with van der Waals surface area (Å²) in [5.74, 6) is -0.148. The molecule has 156 valence electrons. The second-order valence-electron chi connectivity index (χ2n) is 6.48. The van der Waals surface area contributed by atoms with Crippen LogP contribution in [0.2, 0.25) is 0 Å². The number of alkyl halides is 2. The number of thiophene rings is 1. The van der Waals surface area contributed by atoms with Crippen LogP contribution in [0.5, 0.6) is 0 Å². The van der Waals surface area contributed by atoms with E-state index < -0.39 is 18.6 Å². The summed E-state index contributed by atoms with van der Waals surface area (Å²) in [6.07, 6.45) is -3.83. The van der Waals surface area contributed by atoms with E-state index in [0.717, 1.165) is 16.9 Å². The number of hydrogen-bond donors (Lipinski definition) is 2. The highest BCUT2D eigenvalue weighted by Gasteiger charge is 2.19. The number of fused-ring (bicyclic) bond motifs is 1. The summed E-state index contributed by atoms with van der Waals surface area (Å²) in [5.41, 5.74) is 1.28. The van der Waals surface area contributed by atoms with Crippen LogP contribution < -0.4 is 5.32 Å². The molecule has 1 amide bonds. The van der Waals surface area contributed by atoms with Gasteiger partial charge in [0.15, 0.2) is 6.23 Å². The van der Waals surface area contributed by atoms with Gasteiger partial charge >= 0.3 is 0 Å². The topological polar surface area (TPSA) is 94.2 Å². The Labute approximate surface area is 175 Å². The van der Waals surface area contributed by atoms with Gasteiger partial charge in [-0.05, 0) is 24.3 Å². The molecular weight excluding hydrogens is 412 g/mol. The van der Waals surface area contributed by atoms with E-state index in [1.54, 1.807) is 23.8 Å². The number of carbonyl (C=O) groups is 1. The Morgan fingerprint density at radius 2 is 2.07 bits per heavy atom. The number of nitrogens with zero attached hydrogens (tertiary/aromatic N) is 4. The van der Waals surface area contributed by atoms with Crippen molar-refractivity contribution in [2.24, 2.45) is 0 Å². The van der Waals surface area contributed by atoms with Gasteiger partial charge in [0, 0.05) is 20.1 Å². The number of amides is 1. The summed E-state index contributed by atoms with van der Waals surface area (Å²) in [7, 11) is 1.56. The summed E-state index contributed by atoms with van der Waals surface area (Å²) < 4.78 is 27.4. The van der Waals surface area contributed by atoms with Gasteiger partial charge in [0.25, 0.3) is 12.3 Å². The predicted octanol–water partition coefficient (Wildman–Crippen LogP) is 3.68. The molecule has 7 nitrogen and oxygen atoms in total. The molecule has 0 bridgehead atoms. The van der Waals surface area contributed by atoms with Crippen LogP contribution in [-0.2, 0) is 11.3 Å². The molecule has 10 heteroatoms. The number of rotatable bonds is 8. The first-order valence-electron chi connectivity index (χ1n) is 8.94. The molecule has 2 aromatic heterocycles. The lowest BCUT2D eigenvalue weighted by Gasteiger charge is -2.19. The molecule has 0 saturated heterocycles. The van der Waals surface area contributed by atoms with Crippen LogP contribution in [0.4, 0.5) is 14.7 Å². The van der Waals surface area contributed by atoms with Gasteiger partial charge in [0.2, 0.25) is 5.95 Å². The number of anilines is 1. The van der Waals surface area contributed by atoms with Crippen molar-refractivity contribution < 1.29 is 18.7 Å².